The summed E-state index contributed by atoms with van der Waals surface area (Å²) >= 11 is 0. The van der Waals surface area contributed by atoms with Crippen molar-refractivity contribution in [2.24, 2.45) is 11.3 Å². The molecule has 3 nitrogen and oxygen atoms in total. The Kier molecular flexibility index (Phi) is 4.39. The Morgan fingerprint density at radius 2 is 2.12 bits per heavy atom. The van der Waals surface area contributed by atoms with E-state index in [2.05, 4.69) is 33.0 Å². The van der Waals surface area contributed by atoms with Crippen LogP contribution in [0.1, 0.15) is 40.5 Å². The van der Waals surface area contributed by atoms with Gasteiger partial charge in [-0.1, -0.05) is 33.8 Å². The molecule has 1 atom stereocenters. The van der Waals surface area contributed by atoms with E-state index in [0.717, 1.165) is 19.5 Å². The Labute approximate surface area is 98.9 Å². The van der Waals surface area contributed by atoms with Crippen LogP contribution in [0.3, 0.4) is 0 Å². The number of piperidine rings is 1. The van der Waals surface area contributed by atoms with Gasteiger partial charge < -0.3 is 10.2 Å². The van der Waals surface area contributed by atoms with E-state index in [0.29, 0.717) is 5.92 Å². The fraction of sp³-hybridized carbons (Fsp3) is 0.769. The molecule has 0 saturated carbocycles. The summed E-state index contributed by atoms with van der Waals surface area (Å²) in [6, 6.07) is 0.0343. The highest BCUT2D eigenvalue weighted by molar-refractivity contribution is 5.75. The lowest BCUT2D eigenvalue weighted by molar-refractivity contribution is 0.173. The monoisotopic (exact) mass is 224 g/mol. The number of amides is 2. The summed E-state index contributed by atoms with van der Waals surface area (Å²) in [6.07, 6.45) is 6.14. The zero-order valence-electron chi connectivity index (χ0n) is 10.9. The van der Waals surface area contributed by atoms with Gasteiger partial charge in [0.05, 0.1) is 0 Å². The Hall–Kier alpha value is -0.990. The van der Waals surface area contributed by atoms with E-state index in [1.54, 1.807) is 6.20 Å². The summed E-state index contributed by atoms with van der Waals surface area (Å²) in [7, 11) is 0. The van der Waals surface area contributed by atoms with Crippen molar-refractivity contribution in [3.05, 3.63) is 12.3 Å². The predicted octanol–water partition coefficient (Wildman–Crippen LogP) is 2.99. The van der Waals surface area contributed by atoms with E-state index in [1.807, 2.05) is 11.0 Å². The maximum absolute atomic E-state index is 11.8. The van der Waals surface area contributed by atoms with Gasteiger partial charge in [0.2, 0.25) is 0 Å². The van der Waals surface area contributed by atoms with E-state index in [1.165, 1.54) is 6.42 Å². The quantitative estimate of drug-likeness (QED) is 0.729. The second kappa shape index (κ2) is 5.37. The van der Waals surface area contributed by atoms with Crippen LogP contribution in [-0.2, 0) is 0 Å². The van der Waals surface area contributed by atoms with E-state index in [4.69, 9.17) is 0 Å². The molecule has 1 aliphatic heterocycles. The molecule has 1 aliphatic rings. The second-order valence-corrected chi connectivity index (χ2v) is 5.84. The highest BCUT2D eigenvalue weighted by atomic mass is 16.2. The standard InChI is InChI=1S/C13H24N2O/c1-11-6-5-9-15(10-11)12(16)14-8-7-13(2,3)4/h7-8,11H,5-6,9-10H2,1-4H3,(H,14,16)/b8-7+. The molecule has 1 rings (SSSR count). The first-order valence-corrected chi connectivity index (χ1v) is 6.11. The van der Waals surface area contributed by atoms with Gasteiger partial charge in [0.15, 0.2) is 0 Å². The number of nitrogens with one attached hydrogen (secondary N) is 1. The van der Waals surface area contributed by atoms with E-state index in [9.17, 15) is 4.79 Å². The average molecular weight is 224 g/mol. The van der Waals surface area contributed by atoms with Crippen molar-refractivity contribution in [3.63, 3.8) is 0 Å². The van der Waals surface area contributed by atoms with Crippen molar-refractivity contribution in [3.8, 4) is 0 Å². The largest absolute Gasteiger partial charge is 0.324 e. The summed E-state index contributed by atoms with van der Waals surface area (Å²) in [4.78, 5) is 13.7. The van der Waals surface area contributed by atoms with E-state index in [-0.39, 0.29) is 11.4 Å². The summed E-state index contributed by atoms with van der Waals surface area (Å²) in [5.74, 6) is 0.631. The molecule has 0 radical (unpaired) electrons. The van der Waals surface area contributed by atoms with Crippen molar-refractivity contribution in [1.29, 1.82) is 0 Å². The fourth-order valence-corrected chi connectivity index (χ4v) is 1.83. The molecule has 0 aliphatic carbocycles. The first-order chi connectivity index (χ1) is 7.38. The number of allylic oxidation sites excluding steroid dienone is 1. The van der Waals surface area contributed by atoms with Crippen LogP contribution < -0.4 is 5.32 Å². The number of likely N-dealkylation sites (tertiary alicyclic amines) is 1. The zero-order valence-corrected chi connectivity index (χ0v) is 10.9. The first kappa shape index (κ1) is 13.1. The van der Waals surface area contributed by atoms with Gasteiger partial charge >= 0.3 is 6.03 Å². The molecule has 1 heterocycles. The lowest BCUT2D eigenvalue weighted by Crippen LogP contribution is -2.43. The maximum atomic E-state index is 11.8. The van der Waals surface area contributed by atoms with Crippen LogP contribution in [0.15, 0.2) is 12.3 Å². The number of carbonyl (C=O) groups excluding carboxylic acids is 1. The first-order valence-electron chi connectivity index (χ1n) is 6.11. The average Bonchev–Trinajstić information content (AvgIpc) is 2.15. The van der Waals surface area contributed by atoms with Gasteiger partial charge in [-0.25, -0.2) is 4.79 Å². The van der Waals surface area contributed by atoms with Crippen molar-refractivity contribution in [2.45, 2.75) is 40.5 Å². The molecule has 0 spiro atoms. The summed E-state index contributed by atoms with van der Waals surface area (Å²) in [5.41, 5.74) is 0.114. The molecular formula is C13H24N2O. The van der Waals surface area contributed by atoms with Gasteiger partial charge in [-0.15, -0.1) is 0 Å². The molecule has 1 fully saturated rings. The van der Waals surface area contributed by atoms with Gasteiger partial charge in [0, 0.05) is 19.3 Å². The molecule has 1 saturated heterocycles. The van der Waals surface area contributed by atoms with Crippen molar-refractivity contribution in [1.82, 2.24) is 10.2 Å². The molecule has 2 amide bonds. The summed E-state index contributed by atoms with van der Waals surface area (Å²) in [6.45, 7) is 10.3. The van der Waals surface area contributed by atoms with E-state index >= 15 is 0 Å². The third-order valence-corrected chi connectivity index (χ3v) is 2.73. The van der Waals surface area contributed by atoms with Gasteiger partial charge in [-0.05, 0) is 24.2 Å². The smallest absolute Gasteiger partial charge is 0.321 e. The lowest BCUT2D eigenvalue weighted by atomic mass is 9.97. The Balaban J connectivity index is 2.37. The van der Waals surface area contributed by atoms with Gasteiger partial charge in [-0.3, -0.25) is 0 Å². The Morgan fingerprint density at radius 1 is 1.44 bits per heavy atom. The normalized spacial score (nSPS) is 22.5. The van der Waals surface area contributed by atoms with Crippen LogP contribution in [0.4, 0.5) is 4.79 Å². The number of nitrogens with zero attached hydrogens (tertiary/aromatic N) is 1. The number of hydrogen-bond donors (Lipinski definition) is 1. The third kappa shape index (κ3) is 4.69. The topological polar surface area (TPSA) is 32.3 Å². The van der Waals surface area contributed by atoms with E-state index < -0.39 is 0 Å². The van der Waals surface area contributed by atoms with Crippen LogP contribution >= 0.6 is 0 Å². The van der Waals surface area contributed by atoms with Crippen molar-refractivity contribution < 1.29 is 4.79 Å². The molecular weight excluding hydrogens is 200 g/mol. The lowest BCUT2D eigenvalue weighted by Gasteiger charge is -2.30. The zero-order chi connectivity index (χ0) is 12.2. The van der Waals surface area contributed by atoms with Crippen molar-refractivity contribution in [2.75, 3.05) is 13.1 Å². The third-order valence-electron chi connectivity index (χ3n) is 2.73. The SMILES string of the molecule is CC1CCCN(C(=O)N/C=C/C(C)(C)C)C1. The summed E-state index contributed by atoms with van der Waals surface area (Å²) in [5, 5.41) is 2.84. The molecule has 16 heavy (non-hydrogen) atoms. The van der Waals surface area contributed by atoms with Crippen LogP contribution in [0.25, 0.3) is 0 Å². The predicted molar refractivity (Wildman–Crippen MR) is 67.1 cm³/mol. The van der Waals surface area contributed by atoms with Crippen LogP contribution in [0.5, 0.6) is 0 Å². The maximum Gasteiger partial charge on any atom is 0.321 e. The molecule has 92 valence electrons. The number of carbonyl (C=O) groups is 1. The van der Waals surface area contributed by atoms with Crippen molar-refractivity contribution >= 4 is 6.03 Å². The molecule has 1 unspecified atom stereocenters. The Bertz CT molecular complexity index is 266. The fourth-order valence-electron chi connectivity index (χ4n) is 1.83. The minimum Gasteiger partial charge on any atom is -0.324 e. The van der Waals surface area contributed by atoms with Gasteiger partial charge in [0.1, 0.15) is 0 Å². The second-order valence-electron chi connectivity index (χ2n) is 5.84. The van der Waals surface area contributed by atoms with Gasteiger partial charge in [-0.2, -0.15) is 0 Å². The summed E-state index contributed by atoms with van der Waals surface area (Å²) < 4.78 is 0. The minimum atomic E-state index is 0.0343. The number of hydrogen-bond acceptors (Lipinski definition) is 1. The number of urea groups is 1. The molecule has 1 N–H and O–H groups in total. The Morgan fingerprint density at radius 3 is 2.69 bits per heavy atom. The minimum absolute atomic E-state index is 0.0343. The molecule has 0 aromatic carbocycles. The number of rotatable bonds is 1. The van der Waals surface area contributed by atoms with Crippen LogP contribution in [-0.4, -0.2) is 24.0 Å². The van der Waals surface area contributed by atoms with Crippen LogP contribution in [0.2, 0.25) is 0 Å². The highest BCUT2D eigenvalue weighted by Crippen LogP contribution is 2.16. The van der Waals surface area contributed by atoms with Crippen LogP contribution in [0, 0.1) is 11.3 Å². The molecule has 3 heteroatoms. The molecule has 0 aromatic rings. The highest BCUT2D eigenvalue weighted by Gasteiger charge is 2.19. The molecule has 0 aromatic heterocycles. The van der Waals surface area contributed by atoms with Gasteiger partial charge in [0.25, 0.3) is 0 Å². The molecule has 0 bridgehead atoms.